The Balaban J connectivity index is 1.94. The molecule has 3 unspecified atom stereocenters. The van der Waals surface area contributed by atoms with E-state index in [2.05, 4.69) is 49.9 Å². The highest BCUT2D eigenvalue weighted by atomic mass is 16.5. The molecule has 0 aliphatic carbocycles. The van der Waals surface area contributed by atoms with E-state index in [-0.39, 0.29) is 6.04 Å². The highest BCUT2D eigenvalue weighted by Gasteiger charge is 2.23. The van der Waals surface area contributed by atoms with Crippen LogP contribution in [-0.2, 0) is 4.74 Å². The molecule has 0 aromatic heterocycles. The summed E-state index contributed by atoms with van der Waals surface area (Å²) in [5.74, 6) is 0. The molecule has 2 rings (SSSR count). The van der Waals surface area contributed by atoms with Crippen molar-refractivity contribution >= 4 is 0 Å². The molecule has 1 aromatic rings. The lowest BCUT2D eigenvalue weighted by Gasteiger charge is -2.36. The summed E-state index contributed by atoms with van der Waals surface area (Å²) < 4.78 is 5.74. The Morgan fingerprint density at radius 3 is 2.33 bits per heavy atom. The topological polar surface area (TPSA) is 38.5 Å². The van der Waals surface area contributed by atoms with Crippen molar-refractivity contribution in [2.75, 3.05) is 19.6 Å². The van der Waals surface area contributed by atoms with Crippen molar-refractivity contribution in [1.82, 2.24) is 4.90 Å². The first-order valence-electron chi connectivity index (χ1n) is 6.74. The number of ether oxygens (including phenoxy) is 1. The fourth-order valence-electron chi connectivity index (χ4n) is 2.63. The number of nitrogens with two attached hydrogens (primary N) is 1. The van der Waals surface area contributed by atoms with Crippen molar-refractivity contribution in [3.63, 3.8) is 0 Å². The van der Waals surface area contributed by atoms with Crippen LogP contribution in [0.4, 0.5) is 0 Å². The molecular weight excluding hydrogens is 224 g/mol. The average molecular weight is 248 g/mol. The molecule has 0 bridgehead atoms. The molecule has 0 saturated carbocycles. The molecule has 1 heterocycles. The molecule has 3 nitrogen and oxygen atoms in total. The van der Waals surface area contributed by atoms with Crippen molar-refractivity contribution in [2.24, 2.45) is 5.73 Å². The van der Waals surface area contributed by atoms with Gasteiger partial charge in [0.05, 0.1) is 12.2 Å². The van der Waals surface area contributed by atoms with E-state index >= 15 is 0 Å². The first-order valence-corrected chi connectivity index (χ1v) is 6.74. The second-order valence-electron chi connectivity index (χ2n) is 5.49. The van der Waals surface area contributed by atoms with Crippen molar-refractivity contribution in [2.45, 2.75) is 39.0 Å². The lowest BCUT2D eigenvalue weighted by atomic mass is 10.0. The Morgan fingerprint density at radius 2 is 1.78 bits per heavy atom. The van der Waals surface area contributed by atoms with Gasteiger partial charge in [0.2, 0.25) is 0 Å². The van der Waals surface area contributed by atoms with Crippen LogP contribution < -0.4 is 5.73 Å². The van der Waals surface area contributed by atoms with E-state index in [0.29, 0.717) is 12.2 Å². The van der Waals surface area contributed by atoms with Gasteiger partial charge in [-0.25, -0.2) is 0 Å². The number of hydrogen-bond donors (Lipinski definition) is 1. The van der Waals surface area contributed by atoms with Crippen LogP contribution in [-0.4, -0.2) is 36.7 Å². The monoisotopic (exact) mass is 248 g/mol. The second kappa shape index (κ2) is 5.83. The molecule has 100 valence electrons. The van der Waals surface area contributed by atoms with Gasteiger partial charge in [0.25, 0.3) is 0 Å². The van der Waals surface area contributed by atoms with Gasteiger partial charge in [-0.05, 0) is 26.3 Å². The zero-order valence-corrected chi connectivity index (χ0v) is 11.6. The van der Waals surface area contributed by atoms with E-state index in [4.69, 9.17) is 10.5 Å². The largest absolute Gasteiger partial charge is 0.373 e. The van der Waals surface area contributed by atoms with Crippen LogP contribution in [0.5, 0.6) is 0 Å². The second-order valence-corrected chi connectivity index (χ2v) is 5.49. The van der Waals surface area contributed by atoms with Crippen LogP contribution in [0, 0.1) is 6.92 Å². The van der Waals surface area contributed by atoms with Gasteiger partial charge in [0.15, 0.2) is 0 Å². The quantitative estimate of drug-likeness (QED) is 0.890. The molecule has 1 fully saturated rings. The number of rotatable bonds is 3. The molecule has 0 amide bonds. The summed E-state index contributed by atoms with van der Waals surface area (Å²) in [6.07, 6.45) is 0.609. The summed E-state index contributed by atoms with van der Waals surface area (Å²) in [7, 11) is 0. The molecule has 1 aromatic carbocycles. The third-order valence-corrected chi connectivity index (χ3v) is 3.46. The molecule has 1 saturated heterocycles. The molecule has 1 aliphatic heterocycles. The maximum Gasteiger partial charge on any atom is 0.0678 e. The summed E-state index contributed by atoms with van der Waals surface area (Å²) in [6.45, 7) is 9.20. The Bertz CT molecular complexity index is 367. The third-order valence-electron chi connectivity index (χ3n) is 3.46. The van der Waals surface area contributed by atoms with Crippen LogP contribution in [0.15, 0.2) is 24.3 Å². The van der Waals surface area contributed by atoms with E-state index < -0.39 is 0 Å². The zero-order chi connectivity index (χ0) is 13.1. The highest BCUT2D eigenvalue weighted by molar-refractivity contribution is 5.24. The van der Waals surface area contributed by atoms with Crippen LogP contribution in [0.1, 0.15) is 31.0 Å². The van der Waals surface area contributed by atoms with Gasteiger partial charge >= 0.3 is 0 Å². The Morgan fingerprint density at radius 1 is 1.22 bits per heavy atom. The third kappa shape index (κ3) is 3.55. The molecule has 0 spiro atoms. The predicted octanol–water partition coefficient (Wildman–Crippen LogP) is 2.10. The van der Waals surface area contributed by atoms with E-state index in [1.807, 2.05) is 0 Å². The van der Waals surface area contributed by atoms with Crippen LogP contribution in [0.2, 0.25) is 0 Å². The lowest BCUT2D eigenvalue weighted by molar-refractivity contribution is -0.0691. The van der Waals surface area contributed by atoms with Gasteiger partial charge in [-0.15, -0.1) is 0 Å². The van der Waals surface area contributed by atoms with Gasteiger partial charge in [-0.3, -0.25) is 4.90 Å². The maximum absolute atomic E-state index is 6.28. The summed E-state index contributed by atoms with van der Waals surface area (Å²) in [5.41, 5.74) is 8.78. The number of aryl methyl sites for hydroxylation is 1. The van der Waals surface area contributed by atoms with Crippen molar-refractivity contribution in [1.29, 1.82) is 0 Å². The minimum atomic E-state index is 0.0862. The Labute approximate surface area is 110 Å². The maximum atomic E-state index is 6.28. The minimum absolute atomic E-state index is 0.0862. The highest BCUT2D eigenvalue weighted by Crippen LogP contribution is 2.16. The number of morpholine rings is 1. The number of nitrogens with zero attached hydrogens (tertiary/aromatic N) is 1. The molecule has 0 radical (unpaired) electrons. The number of benzene rings is 1. The molecule has 1 aliphatic rings. The molecular formula is C15H24N2O. The molecule has 3 heteroatoms. The molecule has 3 atom stereocenters. The fourth-order valence-corrected chi connectivity index (χ4v) is 2.63. The predicted molar refractivity (Wildman–Crippen MR) is 74.6 cm³/mol. The van der Waals surface area contributed by atoms with Gasteiger partial charge < -0.3 is 10.5 Å². The average Bonchev–Trinajstić information content (AvgIpc) is 2.28. The van der Waals surface area contributed by atoms with Gasteiger partial charge in [0.1, 0.15) is 0 Å². The molecule has 2 N–H and O–H groups in total. The summed E-state index contributed by atoms with van der Waals surface area (Å²) in [6, 6.07) is 8.60. The van der Waals surface area contributed by atoms with E-state index in [1.54, 1.807) is 0 Å². The summed E-state index contributed by atoms with van der Waals surface area (Å²) in [4.78, 5) is 2.41. The van der Waals surface area contributed by atoms with Crippen molar-refractivity contribution in [3.8, 4) is 0 Å². The number of hydrogen-bond acceptors (Lipinski definition) is 3. The normalized spacial score (nSPS) is 27.1. The first kappa shape index (κ1) is 13.5. The van der Waals surface area contributed by atoms with Crippen LogP contribution in [0.25, 0.3) is 0 Å². The van der Waals surface area contributed by atoms with Gasteiger partial charge in [-0.2, -0.15) is 0 Å². The van der Waals surface area contributed by atoms with E-state index in [0.717, 1.165) is 19.6 Å². The zero-order valence-electron chi connectivity index (χ0n) is 11.6. The lowest BCUT2D eigenvalue weighted by Crippen LogP contribution is -2.47. The standard InChI is InChI=1S/C15H24N2O/c1-11-4-6-14(7-5-11)15(16)10-17-8-12(2)18-13(3)9-17/h4-7,12-13,15H,8-10,16H2,1-3H3. The van der Waals surface area contributed by atoms with Crippen molar-refractivity contribution in [3.05, 3.63) is 35.4 Å². The summed E-state index contributed by atoms with van der Waals surface area (Å²) >= 11 is 0. The Hall–Kier alpha value is -0.900. The van der Waals surface area contributed by atoms with Gasteiger partial charge in [0, 0.05) is 25.7 Å². The Kier molecular flexibility index (Phi) is 4.38. The van der Waals surface area contributed by atoms with Crippen molar-refractivity contribution < 1.29 is 4.74 Å². The SMILES string of the molecule is Cc1ccc(C(N)CN2CC(C)OC(C)C2)cc1. The minimum Gasteiger partial charge on any atom is -0.373 e. The van der Waals surface area contributed by atoms with Gasteiger partial charge in [-0.1, -0.05) is 29.8 Å². The van der Waals surface area contributed by atoms with E-state index in [1.165, 1.54) is 11.1 Å². The van der Waals surface area contributed by atoms with E-state index in [9.17, 15) is 0 Å². The van der Waals surface area contributed by atoms with Crippen LogP contribution >= 0.6 is 0 Å². The fraction of sp³-hybridized carbons (Fsp3) is 0.600. The molecule has 18 heavy (non-hydrogen) atoms. The smallest absolute Gasteiger partial charge is 0.0678 e. The first-order chi connectivity index (χ1) is 8.54. The van der Waals surface area contributed by atoms with Crippen LogP contribution in [0.3, 0.4) is 0 Å². The summed E-state index contributed by atoms with van der Waals surface area (Å²) in [5, 5.41) is 0.